The molecule has 0 aromatic heterocycles. The first kappa shape index (κ1) is 11.9. The predicted molar refractivity (Wildman–Crippen MR) is 56.2 cm³/mol. The number of nitrogens with two attached hydrogens (primary N) is 1. The average Bonchev–Trinajstić information content (AvgIpc) is 2.51. The van der Waals surface area contributed by atoms with Crippen molar-refractivity contribution in [3.05, 3.63) is 0 Å². The number of hydrogen-bond acceptors (Lipinski definition) is 4. The van der Waals surface area contributed by atoms with E-state index in [1.165, 1.54) is 0 Å². The van der Waals surface area contributed by atoms with E-state index in [1.54, 1.807) is 6.92 Å². The number of carbonyl (C=O) groups is 2. The second kappa shape index (κ2) is 5.67. The van der Waals surface area contributed by atoms with Crippen molar-refractivity contribution in [1.29, 1.82) is 0 Å². The van der Waals surface area contributed by atoms with Gasteiger partial charge in [-0.2, -0.15) is 0 Å². The van der Waals surface area contributed by atoms with Gasteiger partial charge in [0.15, 0.2) is 0 Å². The lowest BCUT2D eigenvalue weighted by Crippen LogP contribution is -2.44. The number of carbonyl (C=O) groups excluding carboxylic acids is 2. The molecule has 1 rings (SSSR count). The molecule has 15 heavy (non-hydrogen) atoms. The Balaban J connectivity index is 2.21. The molecule has 1 saturated heterocycles. The van der Waals surface area contributed by atoms with Crippen molar-refractivity contribution in [3.8, 4) is 0 Å². The summed E-state index contributed by atoms with van der Waals surface area (Å²) in [6, 6.07) is -0.284. The summed E-state index contributed by atoms with van der Waals surface area (Å²) in [5, 5.41) is 4.75. The van der Waals surface area contributed by atoms with Crippen LogP contribution in [0.15, 0.2) is 0 Å². The lowest BCUT2D eigenvalue weighted by atomic mass is 10.3. The lowest BCUT2D eigenvalue weighted by Gasteiger charge is -2.14. The van der Waals surface area contributed by atoms with Gasteiger partial charge in [-0.3, -0.25) is 15.0 Å². The maximum atomic E-state index is 11.3. The van der Waals surface area contributed by atoms with Crippen LogP contribution in [0.25, 0.3) is 0 Å². The number of nitrogens with zero attached hydrogens (tertiary/aromatic N) is 1. The first-order valence-electron chi connectivity index (χ1n) is 5.17. The molecular formula is C9H18N4O2. The number of amides is 3. The molecule has 4 N–H and O–H groups in total. The molecule has 0 radical (unpaired) electrons. The van der Waals surface area contributed by atoms with Gasteiger partial charge in [-0.1, -0.05) is 0 Å². The maximum absolute atomic E-state index is 11.3. The SMILES string of the molecule is CCNC(=O)NC(=O)CN1CC[C@@H](N)C1. The number of urea groups is 1. The monoisotopic (exact) mass is 214 g/mol. The molecule has 1 aliphatic heterocycles. The minimum atomic E-state index is -0.439. The molecule has 0 unspecified atom stereocenters. The summed E-state index contributed by atoms with van der Waals surface area (Å²) in [6.07, 6.45) is 0.911. The van der Waals surface area contributed by atoms with Crippen LogP contribution in [0.4, 0.5) is 4.79 Å². The number of hydrogen-bond donors (Lipinski definition) is 3. The van der Waals surface area contributed by atoms with E-state index in [2.05, 4.69) is 10.6 Å². The molecule has 1 heterocycles. The van der Waals surface area contributed by atoms with E-state index in [1.807, 2.05) is 4.90 Å². The standard InChI is InChI=1S/C9H18N4O2/c1-2-11-9(15)12-8(14)6-13-4-3-7(10)5-13/h7H,2-6,10H2,1H3,(H2,11,12,14,15)/t7-/m1/s1. The highest BCUT2D eigenvalue weighted by Gasteiger charge is 2.21. The molecule has 1 atom stereocenters. The fraction of sp³-hybridized carbons (Fsp3) is 0.778. The molecule has 0 saturated carbocycles. The number of nitrogens with one attached hydrogen (secondary N) is 2. The number of rotatable bonds is 3. The van der Waals surface area contributed by atoms with Gasteiger partial charge in [0, 0.05) is 25.7 Å². The van der Waals surface area contributed by atoms with Crippen LogP contribution in [0.3, 0.4) is 0 Å². The van der Waals surface area contributed by atoms with Gasteiger partial charge in [-0.15, -0.1) is 0 Å². The van der Waals surface area contributed by atoms with Gasteiger partial charge >= 0.3 is 6.03 Å². The Morgan fingerprint density at radius 2 is 2.27 bits per heavy atom. The minimum absolute atomic E-state index is 0.155. The Labute approximate surface area is 89.2 Å². The summed E-state index contributed by atoms with van der Waals surface area (Å²) in [6.45, 7) is 4.09. The molecule has 0 aromatic rings. The zero-order chi connectivity index (χ0) is 11.3. The summed E-state index contributed by atoms with van der Waals surface area (Å²) in [4.78, 5) is 24.3. The topological polar surface area (TPSA) is 87.5 Å². The van der Waals surface area contributed by atoms with Crippen LogP contribution in [-0.4, -0.2) is 49.1 Å². The zero-order valence-electron chi connectivity index (χ0n) is 8.95. The van der Waals surface area contributed by atoms with Crippen molar-refractivity contribution >= 4 is 11.9 Å². The van der Waals surface area contributed by atoms with E-state index in [-0.39, 0.29) is 18.5 Å². The van der Waals surface area contributed by atoms with E-state index in [4.69, 9.17) is 5.73 Å². The van der Waals surface area contributed by atoms with Crippen molar-refractivity contribution in [2.45, 2.75) is 19.4 Å². The Bertz CT molecular complexity index is 244. The van der Waals surface area contributed by atoms with Crippen molar-refractivity contribution < 1.29 is 9.59 Å². The average molecular weight is 214 g/mol. The maximum Gasteiger partial charge on any atom is 0.321 e. The summed E-state index contributed by atoms with van der Waals surface area (Å²) in [7, 11) is 0. The van der Waals surface area contributed by atoms with Crippen LogP contribution in [0, 0.1) is 0 Å². The van der Waals surface area contributed by atoms with Crippen LogP contribution >= 0.6 is 0 Å². The lowest BCUT2D eigenvalue weighted by molar-refractivity contribution is -0.120. The highest BCUT2D eigenvalue weighted by Crippen LogP contribution is 2.05. The Morgan fingerprint density at radius 1 is 1.53 bits per heavy atom. The Kier molecular flexibility index (Phi) is 4.51. The second-order valence-electron chi connectivity index (χ2n) is 3.69. The second-order valence-corrected chi connectivity index (χ2v) is 3.69. The van der Waals surface area contributed by atoms with Gasteiger partial charge in [0.1, 0.15) is 0 Å². The van der Waals surface area contributed by atoms with E-state index in [9.17, 15) is 9.59 Å². The van der Waals surface area contributed by atoms with Crippen molar-refractivity contribution in [1.82, 2.24) is 15.5 Å². The Morgan fingerprint density at radius 3 is 2.80 bits per heavy atom. The van der Waals surface area contributed by atoms with Crippen molar-refractivity contribution in [2.24, 2.45) is 5.73 Å². The molecule has 3 amide bonds. The van der Waals surface area contributed by atoms with Gasteiger partial charge in [0.2, 0.25) is 5.91 Å². The van der Waals surface area contributed by atoms with Gasteiger partial charge in [-0.25, -0.2) is 4.79 Å². The van der Waals surface area contributed by atoms with Gasteiger partial charge < -0.3 is 11.1 Å². The molecule has 0 aromatic carbocycles. The summed E-state index contributed by atoms with van der Waals surface area (Å²) < 4.78 is 0. The highest BCUT2D eigenvalue weighted by molar-refractivity contribution is 5.95. The van der Waals surface area contributed by atoms with Crippen LogP contribution in [0.5, 0.6) is 0 Å². The molecule has 0 aliphatic carbocycles. The minimum Gasteiger partial charge on any atom is -0.338 e. The highest BCUT2D eigenvalue weighted by atomic mass is 16.2. The van der Waals surface area contributed by atoms with E-state index in [0.717, 1.165) is 19.5 Å². The third-order valence-electron chi connectivity index (χ3n) is 2.27. The zero-order valence-corrected chi connectivity index (χ0v) is 8.95. The van der Waals surface area contributed by atoms with Gasteiger partial charge in [0.25, 0.3) is 0 Å². The largest absolute Gasteiger partial charge is 0.338 e. The van der Waals surface area contributed by atoms with E-state index >= 15 is 0 Å². The van der Waals surface area contributed by atoms with E-state index in [0.29, 0.717) is 6.54 Å². The summed E-state index contributed by atoms with van der Waals surface area (Å²) in [5.41, 5.74) is 5.70. The van der Waals surface area contributed by atoms with Crippen LogP contribution in [0.1, 0.15) is 13.3 Å². The van der Waals surface area contributed by atoms with Crippen molar-refractivity contribution in [2.75, 3.05) is 26.2 Å². The predicted octanol–water partition coefficient (Wildman–Crippen LogP) is -1.13. The summed E-state index contributed by atoms with van der Waals surface area (Å²) >= 11 is 0. The van der Waals surface area contributed by atoms with Crippen LogP contribution in [0.2, 0.25) is 0 Å². The smallest absolute Gasteiger partial charge is 0.321 e. The van der Waals surface area contributed by atoms with Crippen LogP contribution in [-0.2, 0) is 4.79 Å². The fourth-order valence-electron chi connectivity index (χ4n) is 1.58. The molecule has 1 aliphatic rings. The number of likely N-dealkylation sites (tertiary alicyclic amines) is 1. The molecule has 86 valence electrons. The first-order chi connectivity index (χ1) is 7.11. The van der Waals surface area contributed by atoms with Gasteiger partial charge in [-0.05, 0) is 13.3 Å². The Hall–Kier alpha value is -1.14. The molecule has 0 spiro atoms. The fourth-order valence-corrected chi connectivity index (χ4v) is 1.58. The molecule has 6 heteroatoms. The molecule has 1 fully saturated rings. The summed E-state index contributed by atoms with van der Waals surface area (Å²) in [5.74, 6) is -0.282. The molecule has 6 nitrogen and oxygen atoms in total. The van der Waals surface area contributed by atoms with Crippen LogP contribution < -0.4 is 16.4 Å². The molecule has 0 bridgehead atoms. The third-order valence-corrected chi connectivity index (χ3v) is 2.27. The number of imide groups is 1. The normalized spacial score (nSPS) is 21.3. The quantitative estimate of drug-likeness (QED) is 0.554. The van der Waals surface area contributed by atoms with Crippen molar-refractivity contribution in [3.63, 3.8) is 0 Å². The van der Waals surface area contributed by atoms with E-state index < -0.39 is 6.03 Å². The van der Waals surface area contributed by atoms with Gasteiger partial charge in [0.05, 0.1) is 6.54 Å². The third kappa shape index (κ3) is 4.26. The first-order valence-corrected chi connectivity index (χ1v) is 5.17. The molecular weight excluding hydrogens is 196 g/mol.